The van der Waals surface area contributed by atoms with Crippen LogP contribution in [0, 0.1) is 11.3 Å². The summed E-state index contributed by atoms with van der Waals surface area (Å²) in [5.41, 5.74) is 0.111. The van der Waals surface area contributed by atoms with Gasteiger partial charge in [0.1, 0.15) is 5.82 Å². The Morgan fingerprint density at radius 3 is 2.82 bits per heavy atom. The maximum absolute atomic E-state index is 12.2. The van der Waals surface area contributed by atoms with Crippen LogP contribution in [-0.2, 0) is 4.79 Å². The number of aromatic nitrogens is 1. The van der Waals surface area contributed by atoms with Gasteiger partial charge in [0.15, 0.2) is 0 Å². The van der Waals surface area contributed by atoms with E-state index in [9.17, 15) is 4.79 Å². The van der Waals surface area contributed by atoms with Gasteiger partial charge in [0.25, 0.3) is 0 Å². The monoisotopic (exact) mass is 296 g/mol. The molecule has 1 atom stereocenters. The van der Waals surface area contributed by atoms with Gasteiger partial charge in [-0.15, -0.1) is 0 Å². The van der Waals surface area contributed by atoms with E-state index in [-0.39, 0.29) is 17.2 Å². The average molecular weight is 297 g/mol. The highest BCUT2D eigenvalue weighted by molar-refractivity contribution is 9.10. The zero-order valence-electron chi connectivity index (χ0n) is 10.2. The van der Waals surface area contributed by atoms with E-state index in [1.54, 1.807) is 6.20 Å². The van der Waals surface area contributed by atoms with Gasteiger partial charge in [0, 0.05) is 16.6 Å². The SMILES string of the molecule is CC1(C)CCCC1C(=O)Nc1ccc(Br)cn1. The zero-order chi connectivity index (χ0) is 12.5. The van der Waals surface area contributed by atoms with Crippen LogP contribution in [-0.4, -0.2) is 10.9 Å². The minimum atomic E-state index is 0.0994. The number of amides is 1. The summed E-state index contributed by atoms with van der Waals surface area (Å²) in [6, 6.07) is 3.69. The smallest absolute Gasteiger partial charge is 0.229 e. The van der Waals surface area contributed by atoms with Crippen LogP contribution >= 0.6 is 15.9 Å². The number of halogens is 1. The fraction of sp³-hybridized carbons (Fsp3) is 0.538. The molecule has 1 aromatic rings. The summed E-state index contributed by atoms with van der Waals surface area (Å²) >= 11 is 3.32. The number of carbonyl (C=O) groups excluding carboxylic acids is 1. The predicted molar refractivity (Wildman–Crippen MR) is 71.7 cm³/mol. The van der Waals surface area contributed by atoms with Gasteiger partial charge in [-0.1, -0.05) is 20.3 Å². The second kappa shape index (κ2) is 4.77. The van der Waals surface area contributed by atoms with Crippen molar-refractivity contribution in [3.63, 3.8) is 0 Å². The van der Waals surface area contributed by atoms with Crippen LogP contribution in [0.1, 0.15) is 33.1 Å². The highest BCUT2D eigenvalue weighted by atomic mass is 79.9. The first-order valence-electron chi connectivity index (χ1n) is 5.91. The molecule has 1 amide bonds. The van der Waals surface area contributed by atoms with E-state index in [0.29, 0.717) is 5.82 Å². The van der Waals surface area contributed by atoms with Crippen molar-refractivity contribution in [2.75, 3.05) is 5.32 Å². The van der Waals surface area contributed by atoms with Crippen molar-refractivity contribution in [3.8, 4) is 0 Å². The molecule has 0 aromatic carbocycles. The first-order chi connectivity index (χ1) is 7.99. The largest absolute Gasteiger partial charge is 0.310 e. The molecule has 0 saturated heterocycles. The molecular weight excluding hydrogens is 280 g/mol. The van der Waals surface area contributed by atoms with E-state index in [0.717, 1.165) is 23.7 Å². The fourth-order valence-corrected chi connectivity index (χ4v) is 2.71. The number of nitrogens with one attached hydrogen (secondary N) is 1. The van der Waals surface area contributed by atoms with Gasteiger partial charge < -0.3 is 5.32 Å². The number of carbonyl (C=O) groups is 1. The van der Waals surface area contributed by atoms with Gasteiger partial charge in [-0.2, -0.15) is 0 Å². The maximum Gasteiger partial charge on any atom is 0.229 e. The van der Waals surface area contributed by atoms with E-state index in [2.05, 4.69) is 40.1 Å². The first-order valence-corrected chi connectivity index (χ1v) is 6.71. The summed E-state index contributed by atoms with van der Waals surface area (Å²) in [5.74, 6) is 0.830. The Bertz CT molecular complexity index is 414. The Kier molecular flexibility index (Phi) is 3.52. The molecule has 1 N–H and O–H groups in total. The Morgan fingerprint density at radius 1 is 1.53 bits per heavy atom. The number of anilines is 1. The number of nitrogens with zero attached hydrogens (tertiary/aromatic N) is 1. The van der Waals surface area contributed by atoms with Crippen molar-refractivity contribution < 1.29 is 4.79 Å². The molecule has 1 unspecified atom stereocenters. The minimum absolute atomic E-state index is 0.0994. The number of rotatable bonds is 2. The van der Waals surface area contributed by atoms with Crippen LogP contribution < -0.4 is 5.32 Å². The summed E-state index contributed by atoms with van der Waals surface area (Å²) in [6.45, 7) is 4.33. The minimum Gasteiger partial charge on any atom is -0.310 e. The van der Waals surface area contributed by atoms with Gasteiger partial charge in [-0.25, -0.2) is 4.98 Å². The quantitative estimate of drug-likeness (QED) is 0.906. The molecular formula is C13H17BrN2O. The molecule has 0 spiro atoms. The van der Waals surface area contributed by atoms with Gasteiger partial charge in [-0.05, 0) is 46.3 Å². The molecule has 17 heavy (non-hydrogen) atoms. The highest BCUT2D eigenvalue weighted by Gasteiger charge is 2.39. The lowest BCUT2D eigenvalue weighted by atomic mass is 9.81. The summed E-state index contributed by atoms with van der Waals surface area (Å²) in [5, 5.41) is 2.90. The lowest BCUT2D eigenvalue weighted by molar-refractivity contribution is -0.122. The van der Waals surface area contributed by atoms with Crippen molar-refractivity contribution >= 4 is 27.7 Å². The lowest BCUT2D eigenvalue weighted by Gasteiger charge is -2.25. The van der Waals surface area contributed by atoms with Crippen LogP contribution in [0.3, 0.4) is 0 Å². The lowest BCUT2D eigenvalue weighted by Crippen LogP contribution is -2.31. The molecule has 3 nitrogen and oxygen atoms in total. The zero-order valence-corrected chi connectivity index (χ0v) is 11.8. The number of hydrogen-bond acceptors (Lipinski definition) is 2. The van der Waals surface area contributed by atoms with Gasteiger partial charge in [0.05, 0.1) is 0 Å². The van der Waals surface area contributed by atoms with Crippen LogP contribution in [0.2, 0.25) is 0 Å². The summed E-state index contributed by atoms with van der Waals surface area (Å²) in [4.78, 5) is 16.3. The molecule has 1 aliphatic carbocycles. The molecule has 1 saturated carbocycles. The fourth-order valence-electron chi connectivity index (χ4n) is 2.48. The molecule has 1 heterocycles. The third kappa shape index (κ3) is 2.86. The van der Waals surface area contributed by atoms with Crippen molar-refractivity contribution in [2.24, 2.45) is 11.3 Å². The van der Waals surface area contributed by atoms with Gasteiger partial charge >= 0.3 is 0 Å². The average Bonchev–Trinajstić information content (AvgIpc) is 2.61. The summed E-state index contributed by atoms with van der Waals surface area (Å²) < 4.78 is 0.914. The number of hydrogen-bond donors (Lipinski definition) is 1. The molecule has 4 heteroatoms. The highest BCUT2D eigenvalue weighted by Crippen LogP contribution is 2.42. The van der Waals surface area contributed by atoms with E-state index < -0.39 is 0 Å². The second-order valence-electron chi connectivity index (χ2n) is 5.28. The molecule has 92 valence electrons. The van der Waals surface area contributed by atoms with E-state index in [1.807, 2.05) is 12.1 Å². The van der Waals surface area contributed by atoms with Gasteiger partial charge in [-0.3, -0.25) is 4.79 Å². The van der Waals surface area contributed by atoms with Crippen LogP contribution in [0.15, 0.2) is 22.8 Å². The van der Waals surface area contributed by atoms with Gasteiger partial charge in [0.2, 0.25) is 5.91 Å². The molecule has 1 aromatic heterocycles. The normalized spacial score (nSPS) is 22.4. The first kappa shape index (κ1) is 12.6. The Hall–Kier alpha value is -0.900. The molecule has 2 rings (SSSR count). The topological polar surface area (TPSA) is 42.0 Å². The van der Waals surface area contributed by atoms with E-state index in [4.69, 9.17) is 0 Å². The van der Waals surface area contributed by atoms with Crippen molar-refractivity contribution in [3.05, 3.63) is 22.8 Å². The Morgan fingerprint density at radius 2 is 2.29 bits per heavy atom. The summed E-state index contributed by atoms with van der Waals surface area (Å²) in [6.07, 6.45) is 4.93. The van der Waals surface area contributed by atoms with E-state index >= 15 is 0 Å². The molecule has 0 aliphatic heterocycles. The molecule has 1 aliphatic rings. The third-order valence-electron chi connectivity index (χ3n) is 3.55. The predicted octanol–water partition coefficient (Wildman–Crippen LogP) is 3.61. The summed E-state index contributed by atoms with van der Waals surface area (Å²) in [7, 11) is 0. The molecule has 0 radical (unpaired) electrons. The van der Waals surface area contributed by atoms with Crippen LogP contribution in [0.5, 0.6) is 0 Å². The van der Waals surface area contributed by atoms with Crippen molar-refractivity contribution in [1.82, 2.24) is 4.98 Å². The number of pyridine rings is 1. The Balaban J connectivity index is 2.04. The molecule has 1 fully saturated rings. The molecule has 0 bridgehead atoms. The van der Waals surface area contributed by atoms with Crippen molar-refractivity contribution in [2.45, 2.75) is 33.1 Å². The van der Waals surface area contributed by atoms with E-state index in [1.165, 1.54) is 0 Å². The Labute approximate surface area is 110 Å². The second-order valence-corrected chi connectivity index (χ2v) is 6.20. The maximum atomic E-state index is 12.2. The van der Waals surface area contributed by atoms with Crippen LogP contribution in [0.4, 0.5) is 5.82 Å². The van der Waals surface area contributed by atoms with Crippen LogP contribution in [0.25, 0.3) is 0 Å². The third-order valence-corrected chi connectivity index (χ3v) is 4.02. The van der Waals surface area contributed by atoms with Crippen molar-refractivity contribution in [1.29, 1.82) is 0 Å². The standard InChI is InChI=1S/C13H17BrN2O/c1-13(2)7-3-4-10(13)12(17)16-11-6-5-9(14)8-15-11/h5-6,8,10H,3-4,7H2,1-2H3,(H,15,16,17).